The Hall–Kier alpha value is -1.06. The molecule has 4 rings (SSSR count). The fraction of sp³-hybridized carbons (Fsp3) is 0.696. The largest absolute Gasteiger partial charge is 0.396 e. The molecule has 0 aliphatic carbocycles. The van der Waals surface area contributed by atoms with Crippen LogP contribution in [0.4, 0.5) is 5.69 Å². The van der Waals surface area contributed by atoms with Gasteiger partial charge < -0.3 is 25.0 Å². The zero-order chi connectivity index (χ0) is 20.1. The summed E-state index contributed by atoms with van der Waals surface area (Å²) in [5.74, 6) is 1.51. The fourth-order valence-electron chi connectivity index (χ4n) is 4.87. The molecule has 2 N–H and O–H groups in total. The van der Waals surface area contributed by atoms with Crippen molar-refractivity contribution in [3.8, 4) is 0 Å². The Balaban J connectivity index is 0.00000256. The van der Waals surface area contributed by atoms with Crippen LogP contribution in [0.25, 0.3) is 0 Å². The Labute approximate surface area is 198 Å². The third-order valence-corrected chi connectivity index (χ3v) is 6.84. The normalized spacial score (nSPS) is 25.1. The highest BCUT2D eigenvalue weighted by molar-refractivity contribution is 14.0. The first-order chi connectivity index (χ1) is 14.2. The molecule has 0 amide bonds. The van der Waals surface area contributed by atoms with Gasteiger partial charge in [-0.25, -0.2) is 4.99 Å². The van der Waals surface area contributed by atoms with Gasteiger partial charge in [0.2, 0.25) is 0 Å². The fourth-order valence-corrected chi connectivity index (χ4v) is 4.87. The summed E-state index contributed by atoms with van der Waals surface area (Å²) in [6.45, 7) is 10.1. The standard InChI is InChI=1S/C23H36N4O2.HI/c1-2-24-22(27-13-9-23(17-27)10-14-29-18-23)25-15-19-3-5-21(6-4-19)26-11-7-20(16-28)8-12-26;/h3-6,20,28H,2,7-18H2,1H3,(H,24,25);1H. The third-order valence-electron chi connectivity index (χ3n) is 6.84. The summed E-state index contributed by atoms with van der Waals surface area (Å²) >= 11 is 0. The number of benzene rings is 1. The van der Waals surface area contributed by atoms with E-state index in [0.29, 0.717) is 24.5 Å². The molecule has 0 saturated carbocycles. The molecule has 1 spiro atoms. The molecule has 1 unspecified atom stereocenters. The van der Waals surface area contributed by atoms with Gasteiger partial charge in [-0.2, -0.15) is 0 Å². The zero-order valence-corrected chi connectivity index (χ0v) is 20.5. The maximum atomic E-state index is 9.32. The lowest BCUT2D eigenvalue weighted by Crippen LogP contribution is -2.41. The minimum atomic E-state index is 0. The molecule has 30 heavy (non-hydrogen) atoms. The number of piperidine rings is 1. The molecule has 6 nitrogen and oxygen atoms in total. The van der Waals surface area contributed by atoms with E-state index < -0.39 is 0 Å². The maximum absolute atomic E-state index is 9.32. The number of aliphatic imine (C=N–C) groups is 1. The van der Waals surface area contributed by atoms with E-state index >= 15 is 0 Å². The lowest BCUT2D eigenvalue weighted by molar-refractivity contribution is 0.156. The van der Waals surface area contributed by atoms with E-state index in [-0.39, 0.29) is 24.0 Å². The number of guanidine groups is 1. The van der Waals surface area contributed by atoms with Crippen molar-refractivity contribution in [2.24, 2.45) is 16.3 Å². The van der Waals surface area contributed by atoms with Crippen LogP contribution in [0.15, 0.2) is 29.3 Å². The number of aliphatic hydroxyl groups excluding tert-OH is 1. The molecule has 3 saturated heterocycles. The van der Waals surface area contributed by atoms with Crippen LogP contribution in [0.5, 0.6) is 0 Å². The third kappa shape index (κ3) is 5.59. The highest BCUT2D eigenvalue weighted by Crippen LogP contribution is 2.38. The van der Waals surface area contributed by atoms with Crippen LogP contribution in [0.1, 0.15) is 38.2 Å². The molecule has 7 heteroatoms. The van der Waals surface area contributed by atoms with Crippen molar-refractivity contribution < 1.29 is 9.84 Å². The molecule has 3 aliphatic rings. The van der Waals surface area contributed by atoms with Crippen molar-refractivity contribution in [3.05, 3.63) is 29.8 Å². The Morgan fingerprint density at radius 2 is 1.97 bits per heavy atom. The predicted molar refractivity (Wildman–Crippen MR) is 133 cm³/mol. The summed E-state index contributed by atoms with van der Waals surface area (Å²) in [5.41, 5.74) is 2.87. The number of nitrogens with one attached hydrogen (secondary N) is 1. The molecule has 1 atom stereocenters. The topological polar surface area (TPSA) is 60.3 Å². The zero-order valence-electron chi connectivity index (χ0n) is 18.2. The molecule has 3 fully saturated rings. The second kappa shape index (κ2) is 11.0. The van der Waals surface area contributed by atoms with Crippen molar-refractivity contribution in [2.45, 2.75) is 39.2 Å². The van der Waals surface area contributed by atoms with Crippen molar-refractivity contribution in [1.82, 2.24) is 10.2 Å². The van der Waals surface area contributed by atoms with Crippen LogP contribution in [0.2, 0.25) is 0 Å². The van der Waals surface area contributed by atoms with E-state index in [0.717, 1.165) is 64.7 Å². The van der Waals surface area contributed by atoms with Gasteiger partial charge in [0.15, 0.2) is 5.96 Å². The number of ether oxygens (including phenoxy) is 1. The summed E-state index contributed by atoms with van der Waals surface area (Å²) in [6, 6.07) is 8.85. The number of anilines is 1. The SMILES string of the molecule is CCNC(=NCc1ccc(N2CCC(CO)CC2)cc1)N1CCC2(CCOC2)C1.I. The van der Waals surface area contributed by atoms with Crippen LogP contribution < -0.4 is 10.2 Å². The molecule has 3 heterocycles. The monoisotopic (exact) mass is 528 g/mol. The van der Waals surface area contributed by atoms with Gasteiger partial charge in [-0.15, -0.1) is 24.0 Å². The minimum Gasteiger partial charge on any atom is -0.396 e. The molecule has 0 aromatic heterocycles. The predicted octanol–water partition coefficient (Wildman–Crippen LogP) is 3.09. The highest BCUT2D eigenvalue weighted by atomic mass is 127. The smallest absolute Gasteiger partial charge is 0.194 e. The van der Waals surface area contributed by atoms with E-state index in [9.17, 15) is 5.11 Å². The first kappa shape index (κ1) is 23.6. The number of aliphatic hydroxyl groups is 1. The van der Waals surface area contributed by atoms with Gasteiger partial charge in [0.25, 0.3) is 0 Å². The lowest BCUT2D eigenvalue weighted by Gasteiger charge is -2.32. The number of halogens is 1. The summed E-state index contributed by atoms with van der Waals surface area (Å²) in [6.07, 6.45) is 4.55. The molecule has 0 bridgehead atoms. The van der Waals surface area contributed by atoms with Crippen LogP contribution >= 0.6 is 24.0 Å². The lowest BCUT2D eigenvalue weighted by atomic mass is 9.87. The van der Waals surface area contributed by atoms with E-state index in [1.807, 2.05) is 0 Å². The number of likely N-dealkylation sites (tertiary alicyclic amines) is 1. The summed E-state index contributed by atoms with van der Waals surface area (Å²) in [5, 5.41) is 12.8. The molecular formula is C23H37IN4O2. The first-order valence-corrected chi connectivity index (χ1v) is 11.3. The van der Waals surface area contributed by atoms with Crippen LogP contribution in [-0.4, -0.2) is 68.5 Å². The number of hydrogen-bond acceptors (Lipinski definition) is 4. The van der Waals surface area contributed by atoms with E-state index in [1.54, 1.807) is 0 Å². The minimum absolute atomic E-state index is 0. The van der Waals surface area contributed by atoms with E-state index in [4.69, 9.17) is 9.73 Å². The summed E-state index contributed by atoms with van der Waals surface area (Å²) in [7, 11) is 0. The van der Waals surface area contributed by atoms with Crippen LogP contribution in [-0.2, 0) is 11.3 Å². The molecule has 1 aromatic rings. The second-order valence-corrected chi connectivity index (χ2v) is 8.92. The first-order valence-electron chi connectivity index (χ1n) is 11.3. The van der Waals surface area contributed by atoms with Gasteiger partial charge in [-0.05, 0) is 56.2 Å². The van der Waals surface area contributed by atoms with Crippen molar-refractivity contribution in [2.75, 3.05) is 57.4 Å². The van der Waals surface area contributed by atoms with Gasteiger partial charge >= 0.3 is 0 Å². The Morgan fingerprint density at radius 3 is 2.60 bits per heavy atom. The summed E-state index contributed by atoms with van der Waals surface area (Å²) in [4.78, 5) is 9.77. The van der Waals surface area contributed by atoms with Gasteiger partial charge in [-0.1, -0.05) is 12.1 Å². The quantitative estimate of drug-likeness (QED) is 0.350. The number of hydrogen-bond donors (Lipinski definition) is 2. The van der Waals surface area contributed by atoms with Gasteiger partial charge in [0, 0.05) is 57.0 Å². The van der Waals surface area contributed by atoms with Gasteiger partial charge in [-0.3, -0.25) is 0 Å². The molecule has 1 aromatic carbocycles. The van der Waals surface area contributed by atoms with E-state index in [2.05, 4.69) is 46.3 Å². The number of rotatable bonds is 5. The molecule has 0 radical (unpaired) electrons. The van der Waals surface area contributed by atoms with Crippen LogP contribution in [0, 0.1) is 11.3 Å². The number of nitrogens with zero attached hydrogens (tertiary/aromatic N) is 3. The average molecular weight is 528 g/mol. The van der Waals surface area contributed by atoms with Crippen molar-refractivity contribution >= 4 is 35.6 Å². The van der Waals surface area contributed by atoms with E-state index in [1.165, 1.54) is 24.1 Å². The van der Waals surface area contributed by atoms with Crippen LogP contribution in [0.3, 0.4) is 0 Å². The molecule has 3 aliphatic heterocycles. The Kier molecular flexibility index (Phi) is 8.65. The molecule has 168 valence electrons. The van der Waals surface area contributed by atoms with Gasteiger partial charge in [0.1, 0.15) is 0 Å². The Morgan fingerprint density at radius 1 is 1.20 bits per heavy atom. The molecular weight excluding hydrogens is 491 g/mol. The summed E-state index contributed by atoms with van der Waals surface area (Å²) < 4.78 is 5.67. The van der Waals surface area contributed by atoms with Crippen molar-refractivity contribution in [3.63, 3.8) is 0 Å². The average Bonchev–Trinajstić information content (AvgIpc) is 3.41. The Bertz CT molecular complexity index is 683. The van der Waals surface area contributed by atoms with Crippen molar-refractivity contribution in [1.29, 1.82) is 0 Å². The second-order valence-electron chi connectivity index (χ2n) is 8.92. The highest BCUT2D eigenvalue weighted by Gasteiger charge is 2.42. The maximum Gasteiger partial charge on any atom is 0.194 e. The van der Waals surface area contributed by atoms with Gasteiger partial charge in [0.05, 0.1) is 13.2 Å².